The van der Waals surface area contributed by atoms with Crippen molar-refractivity contribution < 1.29 is 4.43 Å². The van der Waals surface area contributed by atoms with Crippen molar-refractivity contribution >= 4 is 24.2 Å². The minimum atomic E-state index is -1.73. The van der Waals surface area contributed by atoms with E-state index >= 15 is 0 Å². The Morgan fingerprint density at radius 1 is 0.857 bits per heavy atom. The van der Waals surface area contributed by atoms with Crippen molar-refractivity contribution in [2.24, 2.45) is 0 Å². The highest BCUT2D eigenvalue weighted by Crippen LogP contribution is 2.37. The average Bonchev–Trinajstić information content (AvgIpc) is 2.58. The number of hydrogen-bond acceptors (Lipinski definition) is 1. The van der Waals surface area contributed by atoms with E-state index < -0.39 is 8.32 Å². The van der Waals surface area contributed by atoms with Gasteiger partial charge >= 0.3 is 0 Å². The summed E-state index contributed by atoms with van der Waals surface area (Å²) in [6, 6.07) is 0. The molecule has 0 heterocycles. The van der Waals surface area contributed by atoms with Crippen molar-refractivity contribution in [3.63, 3.8) is 0 Å². The maximum Gasteiger partial charge on any atom is 0.193 e. The van der Waals surface area contributed by atoms with E-state index in [0.717, 1.165) is 12.8 Å². The monoisotopic (exact) mass is 472 g/mol. The molecule has 0 bridgehead atoms. The minimum absolute atomic E-state index is 0.142. The minimum Gasteiger partial charge on any atom is -0.403 e. The molecular weight excluding hydrogens is 424 g/mol. The normalized spacial score (nSPS) is 14.4. The molecule has 0 saturated heterocycles. The molecule has 0 saturated carbocycles. The molecule has 0 spiro atoms. The lowest BCUT2D eigenvalue weighted by Crippen LogP contribution is -2.43. The van der Waals surface area contributed by atoms with Crippen LogP contribution in [0.3, 0.4) is 0 Å². The fraction of sp³-hybridized carbons (Fsp3) is 0.920. The number of alkyl halides is 1. The molecule has 3 heteroatoms. The molecule has 0 rings (SSSR count). The van der Waals surface area contributed by atoms with Crippen molar-refractivity contribution in [2.75, 3.05) is 0 Å². The van der Waals surface area contributed by atoms with Crippen LogP contribution < -0.4 is 0 Å². The summed E-state index contributed by atoms with van der Waals surface area (Å²) in [7, 11) is -1.73. The predicted molar refractivity (Wildman–Crippen MR) is 134 cm³/mol. The van der Waals surface area contributed by atoms with Crippen molar-refractivity contribution in [3.8, 4) is 11.8 Å². The first kappa shape index (κ1) is 28.2. The van der Waals surface area contributed by atoms with Crippen molar-refractivity contribution in [3.05, 3.63) is 0 Å². The Bertz CT molecular complexity index is 428. The molecule has 2 atom stereocenters. The van der Waals surface area contributed by atoms with Gasteiger partial charge in [0, 0.05) is 11.2 Å². The molecule has 0 fully saturated rings. The quantitative estimate of drug-likeness (QED) is 0.0996. The standard InChI is InChI=1S/C25H49BrOSi/c1-8-9-21-24(27-28(6,7)25(3,4)5)22-19-17-15-13-11-10-12-14-16-18-20-23(2)26/h23-24H,8-18,20-21H2,1-7H3/t23?,24-/m1/s1. The van der Waals surface area contributed by atoms with Gasteiger partial charge in [0.1, 0.15) is 6.10 Å². The van der Waals surface area contributed by atoms with E-state index in [1.807, 2.05) is 0 Å². The summed E-state index contributed by atoms with van der Waals surface area (Å²) in [4.78, 5) is 0.683. The summed E-state index contributed by atoms with van der Waals surface area (Å²) in [5.74, 6) is 6.92. The third-order valence-electron chi connectivity index (χ3n) is 5.98. The van der Waals surface area contributed by atoms with Crippen LogP contribution in [0.15, 0.2) is 0 Å². The van der Waals surface area contributed by atoms with E-state index in [-0.39, 0.29) is 11.1 Å². The average molecular weight is 474 g/mol. The SMILES string of the molecule is CCCC[C@H](C#CCCCCCCCCCCC(C)Br)O[Si](C)(C)C(C)(C)C. The van der Waals surface area contributed by atoms with E-state index in [2.05, 4.69) is 75.5 Å². The molecule has 166 valence electrons. The highest BCUT2D eigenvalue weighted by atomic mass is 79.9. The van der Waals surface area contributed by atoms with Gasteiger partial charge in [-0.2, -0.15) is 0 Å². The van der Waals surface area contributed by atoms with Crippen LogP contribution in [0.25, 0.3) is 0 Å². The topological polar surface area (TPSA) is 9.23 Å². The first-order valence-corrected chi connectivity index (χ1v) is 15.7. The molecule has 0 amide bonds. The molecule has 0 aromatic heterocycles. The molecule has 28 heavy (non-hydrogen) atoms. The van der Waals surface area contributed by atoms with Gasteiger partial charge in [0.05, 0.1) is 0 Å². The summed E-state index contributed by atoms with van der Waals surface area (Å²) in [5.41, 5.74) is 0. The van der Waals surface area contributed by atoms with Gasteiger partial charge in [0.25, 0.3) is 0 Å². The van der Waals surface area contributed by atoms with Crippen LogP contribution in [0, 0.1) is 11.8 Å². The molecular formula is C25H49BrOSi. The van der Waals surface area contributed by atoms with Gasteiger partial charge < -0.3 is 4.43 Å². The summed E-state index contributed by atoms with van der Waals surface area (Å²) in [6.07, 6.45) is 16.9. The Hall–Kier alpha value is 0.217. The van der Waals surface area contributed by atoms with Gasteiger partial charge in [-0.3, -0.25) is 0 Å². The van der Waals surface area contributed by atoms with Crippen LogP contribution in [0.1, 0.15) is 118 Å². The third kappa shape index (κ3) is 15.1. The fourth-order valence-electron chi connectivity index (χ4n) is 2.97. The first-order chi connectivity index (χ1) is 13.1. The van der Waals surface area contributed by atoms with Crippen molar-refractivity contribution in [2.45, 2.75) is 147 Å². The lowest BCUT2D eigenvalue weighted by Gasteiger charge is -2.38. The molecule has 1 nitrogen and oxygen atoms in total. The largest absolute Gasteiger partial charge is 0.403 e. The Morgan fingerprint density at radius 2 is 1.39 bits per heavy atom. The van der Waals surface area contributed by atoms with Crippen LogP contribution in [0.4, 0.5) is 0 Å². The lowest BCUT2D eigenvalue weighted by molar-refractivity contribution is 0.220. The zero-order chi connectivity index (χ0) is 21.5. The van der Waals surface area contributed by atoms with Crippen LogP contribution in [-0.4, -0.2) is 19.2 Å². The van der Waals surface area contributed by atoms with E-state index in [1.165, 1.54) is 70.6 Å². The predicted octanol–water partition coefficient (Wildman–Crippen LogP) is 9.25. The van der Waals surface area contributed by atoms with Gasteiger partial charge in [0.2, 0.25) is 0 Å². The lowest BCUT2D eigenvalue weighted by atomic mass is 10.1. The number of rotatable bonds is 15. The summed E-state index contributed by atoms with van der Waals surface area (Å²) < 4.78 is 6.57. The maximum absolute atomic E-state index is 6.57. The highest BCUT2D eigenvalue weighted by molar-refractivity contribution is 9.09. The second kappa shape index (κ2) is 16.0. The van der Waals surface area contributed by atoms with Gasteiger partial charge in [0.15, 0.2) is 8.32 Å². The Labute approximate surface area is 187 Å². The van der Waals surface area contributed by atoms with Crippen LogP contribution in [0.2, 0.25) is 18.1 Å². The molecule has 1 unspecified atom stereocenters. The molecule has 0 aliphatic heterocycles. The van der Waals surface area contributed by atoms with Crippen LogP contribution >= 0.6 is 15.9 Å². The van der Waals surface area contributed by atoms with E-state index in [0.29, 0.717) is 4.83 Å². The summed E-state index contributed by atoms with van der Waals surface area (Å²) in [6.45, 7) is 16.1. The second-order valence-corrected chi connectivity index (χ2v) is 16.3. The summed E-state index contributed by atoms with van der Waals surface area (Å²) in [5, 5.41) is 0.256. The zero-order valence-corrected chi connectivity index (χ0v) is 22.7. The van der Waals surface area contributed by atoms with Crippen molar-refractivity contribution in [1.82, 2.24) is 0 Å². The molecule has 0 aliphatic rings. The van der Waals surface area contributed by atoms with E-state index in [1.54, 1.807) is 0 Å². The van der Waals surface area contributed by atoms with Gasteiger partial charge in [-0.15, -0.1) is 5.92 Å². The summed E-state index contributed by atoms with van der Waals surface area (Å²) >= 11 is 3.63. The second-order valence-electron chi connectivity index (χ2n) is 9.98. The Balaban J connectivity index is 4.00. The van der Waals surface area contributed by atoms with Crippen LogP contribution in [0.5, 0.6) is 0 Å². The van der Waals surface area contributed by atoms with Gasteiger partial charge in [-0.25, -0.2) is 0 Å². The molecule has 0 aromatic carbocycles. The number of hydrogen-bond donors (Lipinski definition) is 0. The maximum atomic E-state index is 6.57. The van der Waals surface area contributed by atoms with Crippen LogP contribution in [-0.2, 0) is 4.43 Å². The Morgan fingerprint density at radius 3 is 1.89 bits per heavy atom. The molecule has 0 radical (unpaired) electrons. The smallest absolute Gasteiger partial charge is 0.193 e. The molecule has 0 N–H and O–H groups in total. The van der Waals surface area contributed by atoms with Crippen molar-refractivity contribution in [1.29, 1.82) is 0 Å². The highest BCUT2D eigenvalue weighted by Gasteiger charge is 2.38. The van der Waals surface area contributed by atoms with Gasteiger partial charge in [-0.1, -0.05) is 114 Å². The van der Waals surface area contributed by atoms with E-state index in [9.17, 15) is 0 Å². The first-order valence-electron chi connectivity index (χ1n) is 11.9. The molecule has 0 aromatic rings. The van der Waals surface area contributed by atoms with Gasteiger partial charge in [-0.05, 0) is 37.4 Å². The number of halogens is 1. The zero-order valence-electron chi connectivity index (χ0n) is 20.1. The Kier molecular flexibility index (Phi) is 16.1. The third-order valence-corrected chi connectivity index (χ3v) is 10.9. The molecule has 0 aliphatic carbocycles. The van der Waals surface area contributed by atoms with E-state index in [4.69, 9.17) is 4.43 Å². The number of unbranched alkanes of at least 4 members (excludes halogenated alkanes) is 9. The fourth-order valence-corrected chi connectivity index (χ4v) is 4.53.